The summed E-state index contributed by atoms with van der Waals surface area (Å²) < 4.78 is 9.99. The average Bonchev–Trinajstić information content (AvgIpc) is 3.08. The van der Waals surface area contributed by atoms with Crippen LogP contribution in [0.2, 0.25) is 0 Å². The molecule has 1 aliphatic rings. The Balaban J connectivity index is 1.63. The number of aryl methyl sites for hydroxylation is 2. The zero-order valence-corrected chi connectivity index (χ0v) is 13.7. The summed E-state index contributed by atoms with van der Waals surface area (Å²) in [6.07, 6.45) is -0.0908. The van der Waals surface area contributed by atoms with E-state index in [0.717, 1.165) is 16.8 Å². The molecule has 2 amide bonds. The molecule has 0 radical (unpaired) electrons. The number of aromatic nitrogens is 1. The zero-order chi connectivity index (χ0) is 17.1. The molecule has 1 fully saturated rings. The number of cyclic esters (lactones) is 1. The number of ether oxygens (including phenoxy) is 1. The van der Waals surface area contributed by atoms with Gasteiger partial charge in [0.2, 0.25) is 5.91 Å². The summed E-state index contributed by atoms with van der Waals surface area (Å²) in [4.78, 5) is 25.4. The summed E-state index contributed by atoms with van der Waals surface area (Å²) in [6.45, 7) is 5.08. The first kappa shape index (κ1) is 16.0. The van der Waals surface area contributed by atoms with Crippen LogP contribution in [0.1, 0.15) is 22.6 Å². The van der Waals surface area contributed by atoms with Crippen molar-refractivity contribution in [1.29, 1.82) is 0 Å². The van der Waals surface area contributed by atoms with Gasteiger partial charge in [0.25, 0.3) is 0 Å². The molecule has 126 valence electrons. The van der Waals surface area contributed by atoms with Crippen LogP contribution < -0.4 is 5.32 Å². The number of nitrogens with zero attached hydrogens (tertiary/aromatic N) is 2. The summed E-state index contributed by atoms with van der Waals surface area (Å²) in [5, 5.41) is 6.72. The zero-order valence-electron chi connectivity index (χ0n) is 13.7. The molecular weight excluding hydrogens is 310 g/mol. The molecule has 3 rings (SSSR count). The van der Waals surface area contributed by atoms with Crippen LogP contribution in [0, 0.1) is 13.8 Å². The summed E-state index contributed by atoms with van der Waals surface area (Å²) in [5.41, 5.74) is 3.16. The van der Waals surface area contributed by atoms with Gasteiger partial charge in [0.1, 0.15) is 12.4 Å². The summed E-state index contributed by atoms with van der Waals surface area (Å²) in [7, 11) is 0. The number of anilines is 1. The third-order valence-electron chi connectivity index (χ3n) is 3.95. The van der Waals surface area contributed by atoms with Crippen LogP contribution >= 0.6 is 0 Å². The highest BCUT2D eigenvalue weighted by molar-refractivity contribution is 5.92. The number of hydrogen-bond acceptors (Lipinski definition) is 5. The van der Waals surface area contributed by atoms with Gasteiger partial charge < -0.3 is 19.5 Å². The van der Waals surface area contributed by atoms with Gasteiger partial charge in [0, 0.05) is 17.8 Å². The van der Waals surface area contributed by atoms with Crippen LogP contribution in [0.25, 0.3) is 0 Å². The third-order valence-corrected chi connectivity index (χ3v) is 3.95. The fraction of sp³-hybridized carbons (Fsp3) is 0.353. The summed E-state index contributed by atoms with van der Waals surface area (Å²) >= 11 is 0. The molecule has 0 saturated carbocycles. The van der Waals surface area contributed by atoms with E-state index in [1.807, 2.05) is 31.2 Å². The van der Waals surface area contributed by atoms with E-state index >= 15 is 0 Å². The number of nitrogens with one attached hydrogen (secondary N) is 1. The molecule has 0 unspecified atom stereocenters. The molecule has 24 heavy (non-hydrogen) atoms. The number of carbonyl (C=O) groups excluding carboxylic acids is 2. The molecule has 1 N–H and O–H groups in total. The fourth-order valence-corrected chi connectivity index (χ4v) is 2.66. The van der Waals surface area contributed by atoms with Gasteiger partial charge >= 0.3 is 6.09 Å². The van der Waals surface area contributed by atoms with Crippen LogP contribution in [0.4, 0.5) is 10.5 Å². The maximum absolute atomic E-state index is 12.2. The first-order valence-corrected chi connectivity index (χ1v) is 7.75. The largest absolute Gasteiger partial charge is 0.448 e. The van der Waals surface area contributed by atoms with Crippen LogP contribution in [0.3, 0.4) is 0 Å². The van der Waals surface area contributed by atoms with Crippen molar-refractivity contribution < 1.29 is 18.8 Å². The monoisotopic (exact) mass is 329 g/mol. The quantitative estimate of drug-likeness (QED) is 0.910. The molecular formula is C17H19N3O4. The van der Waals surface area contributed by atoms with E-state index in [1.165, 1.54) is 0 Å². The lowest BCUT2D eigenvalue weighted by molar-refractivity contribution is -0.115. The molecule has 0 spiro atoms. The second-order valence-corrected chi connectivity index (χ2v) is 5.76. The SMILES string of the molecule is Cc1noc(C)c1CC(=O)Nc1cccc(CN2CCOC2=O)c1. The van der Waals surface area contributed by atoms with Crippen LogP contribution in [0.15, 0.2) is 28.8 Å². The predicted octanol–water partition coefficient (Wildman–Crippen LogP) is 2.42. The second-order valence-electron chi connectivity index (χ2n) is 5.76. The van der Waals surface area contributed by atoms with Crippen molar-refractivity contribution in [3.63, 3.8) is 0 Å². The van der Waals surface area contributed by atoms with Crippen molar-refractivity contribution in [2.75, 3.05) is 18.5 Å². The number of amides is 2. The average molecular weight is 329 g/mol. The normalized spacial score (nSPS) is 13.9. The molecule has 0 bridgehead atoms. The molecule has 2 heterocycles. The molecule has 1 aromatic carbocycles. The molecule has 1 saturated heterocycles. The van der Waals surface area contributed by atoms with E-state index in [2.05, 4.69) is 10.5 Å². The van der Waals surface area contributed by atoms with Crippen molar-refractivity contribution in [3.8, 4) is 0 Å². The molecule has 1 aliphatic heterocycles. The lowest BCUT2D eigenvalue weighted by Crippen LogP contribution is -2.23. The Morgan fingerprint density at radius 1 is 1.38 bits per heavy atom. The third kappa shape index (κ3) is 3.56. The number of rotatable bonds is 5. The number of hydrogen-bond donors (Lipinski definition) is 1. The minimum Gasteiger partial charge on any atom is -0.448 e. The Morgan fingerprint density at radius 2 is 2.21 bits per heavy atom. The fourth-order valence-electron chi connectivity index (χ4n) is 2.66. The van der Waals surface area contributed by atoms with Gasteiger partial charge in [-0.25, -0.2) is 4.79 Å². The van der Waals surface area contributed by atoms with Crippen molar-refractivity contribution in [1.82, 2.24) is 10.1 Å². The van der Waals surface area contributed by atoms with Crippen LogP contribution in [-0.4, -0.2) is 35.2 Å². The smallest absolute Gasteiger partial charge is 0.410 e. The highest BCUT2D eigenvalue weighted by Crippen LogP contribution is 2.17. The molecule has 0 atom stereocenters. The Labute approximate surface area is 139 Å². The minimum atomic E-state index is -0.303. The maximum atomic E-state index is 12.2. The van der Waals surface area contributed by atoms with E-state index in [9.17, 15) is 9.59 Å². The van der Waals surface area contributed by atoms with E-state index in [0.29, 0.717) is 31.1 Å². The maximum Gasteiger partial charge on any atom is 0.410 e. The van der Waals surface area contributed by atoms with E-state index < -0.39 is 0 Å². The number of benzene rings is 1. The summed E-state index contributed by atoms with van der Waals surface area (Å²) in [6, 6.07) is 7.44. The highest BCUT2D eigenvalue weighted by atomic mass is 16.6. The van der Waals surface area contributed by atoms with Gasteiger partial charge in [0.05, 0.1) is 18.7 Å². The van der Waals surface area contributed by atoms with Crippen LogP contribution in [0.5, 0.6) is 0 Å². The van der Waals surface area contributed by atoms with Crippen molar-refractivity contribution in [3.05, 3.63) is 46.8 Å². The Kier molecular flexibility index (Phi) is 4.50. The molecule has 1 aromatic heterocycles. The summed E-state index contributed by atoms with van der Waals surface area (Å²) in [5.74, 6) is 0.520. The van der Waals surface area contributed by atoms with Crippen LogP contribution in [-0.2, 0) is 22.5 Å². The Morgan fingerprint density at radius 3 is 2.88 bits per heavy atom. The van der Waals surface area contributed by atoms with Gasteiger partial charge in [-0.2, -0.15) is 0 Å². The van der Waals surface area contributed by atoms with E-state index in [1.54, 1.807) is 11.8 Å². The number of carbonyl (C=O) groups is 2. The van der Waals surface area contributed by atoms with Crippen molar-refractivity contribution in [2.24, 2.45) is 0 Å². The molecule has 2 aromatic rings. The first-order valence-electron chi connectivity index (χ1n) is 7.75. The molecule has 7 nitrogen and oxygen atoms in total. The lowest BCUT2D eigenvalue weighted by atomic mass is 10.1. The highest BCUT2D eigenvalue weighted by Gasteiger charge is 2.21. The van der Waals surface area contributed by atoms with Crippen molar-refractivity contribution in [2.45, 2.75) is 26.8 Å². The first-order chi connectivity index (χ1) is 11.5. The van der Waals surface area contributed by atoms with Gasteiger partial charge in [-0.15, -0.1) is 0 Å². The Bertz CT molecular complexity index is 749. The van der Waals surface area contributed by atoms with Gasteiger partial charge in [-0.05, 0) is 31.5 Å². The van der Waals surface area contributed by atoms with Gasteiger partial charge in [-0.1, -0.05) is 17.3 Å². The Hall–Kier alpha value is -2.83. The van der Waals surface area contributed by atoms with Gasteiger partial charge in [0.15, 0.2) is 0 Å². The van der Waals surface area contributed by atoms with Crippen molar-refractivity contribution >= 4 is 17.7 Å². The topological polar surface area (TPSA) is 84.7 Å². The molecule has 0 aliphatic carbocycles. The molecule has 7 heteroatoms. The van der Waals surface area contributed by atoms with Gasteiger partial charge in [-0.3, -0.25) is 4.79 Å². The minimum absolute atomic E-state index is 0.137. The predicted molar refractivity (Wildman–Crippen MR) is 86.5 cm³/mol. The van der Waals surface area contributed by atoms with E-state index in [4.69, 9.17) is 9.26 Å². The lowest BCUT2D eigenvalue weighted by Gasteiger charge is -2.13. The second kappa shape index (κ2) is 6.74. The van der Waals surface area contributed by atoms with E-state index in [-0.39, 0.29) is 18.4 Å². The standard InChI is InChI=1S/C17H19N3O4/c1-11-15(12(2)24-19-11)9-16(21)18-14-5-3-4-13(8-14)10-20-6-7-23-17(20)22/h3-5,8H,6-7,9-10H2,1-2H3,(H,18,21).